The van der Waals surface area contributed by atoms with Gasteiger partial charge in [-0.25, -0.2) is 0 Å². The maximum absolute atomic E-state index is 12.5. The van der Waals surface area contributed by atoms with Crippen LogP contribution in [-0.2, 0) is 4.79 Å². The molecule has 0 bridgehead atoms. The monoisotopic (exact) mass is 378 g/mol. The molecule has 1 aromatic heterocycles. The Morgan fingerprint density at radius 2 is 1.82 bits per heavy atom. The fourth-order valence-electron chi connectivity index (χ4n) is 3.31. The molecule has 144 valence electrons. The Morgan fingerprint density at radius 1 is 1.11 bits per heavy atom. The molecular weight excluding hydrogens is 356 g/mol. The molecule has 0 aliphatic carbocycles. The van der Waals surface area contributed by atoms with Gasteiger partial charge in [0, 0.05) is 49.9 Å². The average molecular weight is 378 g/mol. The molecule has 1 aliphatic rings. The molecule has 0 radical (unpaired) electrons. The summed E-state index contributed by atoms with van der Waals surface area (Å²) in [7, 11) is 5.60. The Kier molecular flexibility index (Phi) is 4.73. The zero-order valence-corrected chi connectivity index (χ0v) is 16.1. The number of amides is 1. The van der Waals surface area contributed by atoms with Crippen LogP contribution in [0.5, 0.6) is 5.75 Å². The van der Waals surface area contributed by atoms with Crippen molar-refractivity contribution in [2.75, 3.05) is 37.5 Å². The van der Waals surface area contributed by atoms with Crippen molar-refractivity contribution in [2.45, 2.75) is 12.3 Å². The van der Waals surface area contributed by atoms with Crippen LogP contribution >= 0.6 is 0 Å². The van der Waals surface area contributed by atoms with E-state index in [1.165, 1.54) is 0 Å². The highest BCUT2D eigenvalue weighted by atomic mass is 16.5. The molecular formula is C21H22N4O3. The molecule has 3 aromatic rings. The Morgan fingerprint density at radius 3 is 2.46 bits per heavy atom. The molecule has 0 unspecified atom stereocenters. The van der Waals surface area contributed by atoms with Gasteiger partial charge in [-0.05, 0) is 48.5 Å². The van der Waals surface area contributed by atoms with Crippen LogP contribution in [0.15, 0.2) is 53.1 Å². The van der Waals surface area contributed by atoms with Crippen LogP contribution in [-0.4, -0.2) is 43.8 Å². The number of carbonyl (C=O) groups is 1. The second-order valence-electron chi connectivity index (χ2n) is 7.00. The highest BCUT2D eigenvalue weighted by molar-refractivity contribution is 5.96. The minimum Gasteiger partial charge on any atom is -0.497 e. The highest BCUT2D eigenvalue weighted by Gasteiger charge is 2.34. The molecule has 4 rings (SSSR count). The van der Waals surface area contributed by atoms with Gasteiger partial charge in [0.1, 0.15) is 5.75 Å². The smallest absolute Gasteiger partial charge is 0.257 e. The number of carbonyl (C=O) groups excluding carboxylic acids is 1. The summed E-state index contributed by atoms with van der Waals surface area (Å²) in [6.07, 6.45) is 0.366. The first-order chi connectivity index (χ1) is 13.5. The van der Waals surface area contributed by atoms with Crippen molar-refractivity contribution in [1.29, 1.82) is 0 Å². The maximum Gasteiger partial charge on any atom is 0.257 e. The lowest BCUT2D eigenvalue weighted by atomic mass is 10.1. The Labute approximate surface area is 163 Å². The number of aromatic nitrogens is 2. The van der Waals surface area contributed by atoms with Gasteiger partial charge in [-0.3, -0.25) is 4.79 Å². The van der Waals surface area contributed by atoms with E-state index in [1.54, 1.807) is 12.0 Å². The molecule has 0 N–H and O–H groups in total. The average Bonchev–Trinajstić information content (AvgIpc) is 3.35. The summed E-state index contributed by atoms with van der Waals surface area (Å²) in [5, 5.41) is 4.13. The van der Waals surface area contributed by atoms with E-state index in [4.69, 9.17) is 9.26 Å². The van der Waals surface area contributed by atoms with Crippen molar-refractivity contribution in [3.63, 3.8) is 0 Å². The molecule has 1 saturated heterocycles. The molecule has 1 amide bonds. The molecule has 0 saturated carbocycles. The van der Waals surface area contributed by atoms with Crippen LogP contribution in [0.25, 0.3) is 11.5 Å². The highest BCUT2D eigenvalue weighted by Crippen LogP contribution is 2.32. The van der Waals surface area contributed by atoms with Crippen molar-refractivity contribution < 1.29 is 14.1 Å². The second-order valence-corrected chi connectivity index (χ2v) is 7.00. The van der Waals surface area contributed by atoms with E-state index in [0.717, 1.165) is 22.7 Å². The second kappa shape index (κ2) is 7.34. The number of rotatable bonds is 5. The van der Waals surface area contributed by atoms with Crippen molar-refractivity contribution >= 4 is 17.3 Å². The van der Waals surface area contributed by atoms with Crippen LogP contribution in [0.3, 0.4) is 0 Å². The Bertz CT molecular complexity index is 964. The van der Waals surface area contributed by atoms with Gasteiger partial charge in [-0.1, -0.05) is 5.16 Å². The lowest BCUT2D eigenvalue weighted by molar-refractivity contribution is -0.117. The lowest BCUT2D eigenvalue weighted by Crippen LogP contribution is -2.24. The Hall–Kier alpha value is -3.35. The fourth-order valence-corrected chi connectivity index (χ4v) is 3.31. The molecule has 2 heterocycles. The minimum atomic E-state index is -0.0897. The Balaban J connectivity index is 1.50. The summed E-state index contributed by atoms with van der Waals surface area (Å²) in [5.74, 6) is 1.76. The van der Waals surface area contributed by atoms with Crippen LogP contribution in [0.4, 0.5) is 11.4 Å². The van der Waals surface area contributed by atoms with Crippen molar-refractivity contribution in [1.82, 2.24) is 10.1 Å². The van der Waals surface area contributed by atoms with E-state index in [0.29, 0.717) is 24.7 Å². The third-order valence-corrected chi connectivity index (χ3v) is 4.95. The topological polar surface area (TPSA) is 71.7 Å². The van der Waals surface area contributed by atoms with E-state index >= 15 is 0 Å². The predicted octanol–water partition coefficient (Wildman–Crippen LogP) is 3.33. The fraction of sp³-hybridized carbons (Fsp3) is 0.286. The van der Waals surface area contributed by atoms with Crippen molar-refractivity contribution in [3.8, 4) is 17.2 Å². The number of anilines is 2. The third kappa shape index (κ3) is 3.43. The summed E-state index contributed by atoms with van der Waals surface area (Å²) in [4.78, 5) is 20.8. The summed E-state index contributed by atoms with van der Waals surface area (Å²) in [6, 6.07) is 15.4. The van der Waals surface area contributed by atoms with E-state index in [9.17, 15) is 4.79 Å². The van der Waals surface area contributed by atoms with Crippen LogP contribution in [0.1, 0.15) is 18.2 Å². The number of hydrogen-bond donors (Lipinski definition) is 0. The van der Waals surface area contributed by atoms with Gasteiger partial charge in [-0.15, -0.1) is 0 Å². The molecule has 28 heavy (non-hydrogen) atoms. The number of benzene rings is 2. The minimum absolute atomic E-state index is 0.0526. The molecule has 1 aliphatic heterocycles. The molecule has 7 heteroatoms. The number of ether oxygens (including phenoxy) is 1. The third-order valence-electron chi connectivity index (χ3n) is 4.95. The van der Waals surface area contributed by atoms with Gasteiger partial charge < -0.3 is 19.1 Å². The van der Waals surface area contributed by atoms with Gasteiger partial charge in [0.05, 0.1) is 7.11 Å². The van der Waals surface area contributed by atoms with Crippen LogP contribution in [0.2, 0.25) is 0 Å². The summed E-state index contributed by atoms with van der Waals surface area (Å²) < 4.78 is 10.6. The van der Waals surface area contributed by atoms with E-state index in [1.807, 2.05) is 67.5 Å². The van der Waals surface area contributed by atoms with E-state index in [2.05, 4.69) is 10.1 Å². The molecule has 2 aromatic carbocycles. The van der Waals surface area contributed by atoms with E-state index in [-0.39, 0.29) is 11.8 Å². The maximum atomic E-state index is 12.5. The van der Waals surface area contributed by atoms with Gasteiger partial charge in [0.15, 0.2) is 5.82 Å². The quantitative estimate of drug-likeness (QED) is 0.678. The standard InChI is InChI=1S/C21H22N4O3/c1-24(2)16-6-4-14(5-7-16)21-22-20(23-28-21)15-12-19(26)25(13-15)17-8-10-18(27-3)11-9-17/h4-11,15H,12-13H2,1-3H3/t15-/m1/s1. The zero-order chi connectivity index (χ0) is 19.7. The molecule has 1 fully saturated rings. The zero-order valence-electron chi connectivity index (χ0n) is 16.1. The largest absolute Gasteiger partial charge is 0.497 e. The van der Waals surface area contributed by atoms with E-state index < -0.39 is 0 Å². The van der Waals surface area contributed by atoms with Gasteiger partial charge in [-0.2, -0.15) is 4.98 Å². The first-order valence-corrected chi connectivity index (χ1v) is 9.11. The first-order valence-electron chi connectivity index (χ1n) is 9.11. The molecule has 7 nitrogen and oxygen atoms in total. The van der Waals surface area contributed by atoms with Crippen LogP contribution in [0, 0.1) is 0 Å². The van der Waals surface area contributed by atoms with Gasteiger partial charge in [0.2, 0.25) is 5.91 Å². The summed E-state index contributed by atoms with van der Waals surface area (Å²) in [5.41, 5.74) is 2.80. The number of nitrogens with zero attached hydrogens (tertiary/aromatic N) is 4. The van der Waals surface area contributed by atoms with Crippen molar-refractivity contribution in [3.05, 3.63) is 54.4 Å². The normalized spacial score (nSPS) is 16.5. The first kappa shape index (κ1) is 18.0. The van der Waals surface area contributed by atoms with Crippen LogP contribution < -0.4 is 14.5 Å². The van der Waals surface area contributed by atoms with Crippen molar-refractivity contribution in [2.24, 2.45) is 0 Å². The SMILES string of the molecule is COc1ccc(N2C[C@H](c3noc(-c4ccc(N(C)C)cc4)n3)CC2=O)cc1. The lowest BCUT2D eigenvalue weighted by Gasteiger charge is -2.16. The van der Waals surface area contributed by atoms with Gasteiger partial charge >= 0.3 is 0 Å². The summed E-state index contributed by atoms with van der Waals surface area (Å²) in [6.45, 7) is 0.531. The number of methoxy groups -OCH3 is 1. The summed E-state index contributed by atoms with van der Waals surface area (Å²) >= 11 is 0. The molecule has 1 atom stereocenters. The number of hydrogen-bond acceptors (Lipinski definition) is 6. The van der Waals surface area contributed by atoms with Gasteiger partial charge in [0.25, 0.3) is 5.89 Å². The molecule has 0 spiro atoms. The predicted molar refractivity (Wildman–Crippen MR) is 107 cm³/mol.